The van der Waals surface area contributed by atoms with Crippen molar-refractivity contribution in [3.8, 4) is 0 Å². The van der Waals surface area contributed by atoms with Gasteiger partial charge in [-0.1, -0.05) is 22.9 Å². The molecule has 0 aliphatic heterocycles. The van der Waals surface area contributed by atoms with E-state index >= 15 is 0 Å². The Morgan fingerprint density at radius 3 is 2.83 bits per heavy atom. The lowest BCUT2D eigenvalue weighted by molar-refractivity contribution is 0.136. The first kappa shape index (κ1) is 15.6. The summed E-state index contributed by atoms with van der Waals surface area (Å²) in [4.78, 5) is 0. The van der Waals surface area contributed by atoms with E-state index in [0.717, 1.165) is 23.9 Å². The molecule has 1 aromatic carbocycles. The average Bonchev–Trinajstić information content (AvgIpc) is 2.37. The SMILES string of the molecule is CCCNC(CCOCC)c1cc(Br)ccc1F. The van der Waals surface area contributed by atoms with Crippen LogP contribution >= 0.6 is 15.9 Å². The lowest BCUT2D eigenvalue weighted by Gasteiger charge is -2.19. The van der Waals surface area contributed by atoms with E-state index in [2.05, 4.69) is 28.2 Å². The second-order valence-electron chi connectivity index (χ2n) is 4.16. The van der Waals surface area contributed by atoms with E-state index in [0.29, 0.717) is 18.8 Å². The molecule has 0 heterocycles. The molecule has 0 radical (unpaired) electrons. The zero-order valence-electron chi connectivity index (χ0n) is 11.0. The molecule has 1 N–H and O–H groups in total. The Kier molecular flexibility index (Phi) is 7.47. The Hall–Kier alpha value is -0.450. The normalized spacial score (nSPS) is 12.7. The van der Waals surface area contributed by atoms with Gasteiger partial charge in [-0.25, -0.2) is 4.39 Å². The molecule has 0 aliphatic rings. The summed E-state index contributed by atoms with van der Waals surface area (Å²) in [5, 5.41) is 3.37. The number of hydrogen-bond donors (Lipinski definition) is 1. The standard InChI is InChI=1S/C14H21BrFNO/c1-3-8-17-14(7-9-18-4-2)12-10-11(15)5-6-13(12)16/h5-6,10,14,17H,3-4,7-9H2,1-2H3. The van der Waals surface area contributed by atoms with Crippen molar-refractivity contribution < 1.29 is 9.13 Å². The predicted octanol–water partition coefficient (Wildman–Crippen LogP) is 4.06. The molecule has 0 fully saturated rings. The topological polar surface area (TPSA) is 21.3 Å². The van der Waals surface area contributed by atoms with Crippen molar-refractivity contribution in [3.05, 3.63) is 34.1 Å². The number of halogens is 2. The molecule has 1 atom stereocenters. The van der Waals surface area contributed by atoms with Crippen molar-refractivity contribution in [2.75, 3.05) is 19.8 Å². The summed E-state index contributed by atoms with van der Waals surface area (Å²) in [6.45, 7) is 6.28. The van der Waals surface area contributed by atoms with E-state index < -0.39 is 0 Å². The molecular formula is C14H21BrFNO. The van der Waals surface area contributed by atoms with Crippen molar-refractivity contribution in [2.24, 2.45) is 0 Å². The summed E-state index contributed by atoms with van der Waals surface area (Å²) in [5.41, 5.74) is 0.706. The molecule has 0 saturated carbocycles. The zero-order valence-corrected chi connectivity index (χ0v) is 12.6. The number of nitrogens with one attached hydrogen (secondary N) is 1. The van der Waals surface area contributed by atoms with Gasteiger partial charge >= 0.3 is 0 Å². The second kappa shape index (κ2) is 8.62. The summed E-state index contributed by atoms with van der Waals surface area (Å²) < 4.78 is 20.1. The Morgan fingerprint density at radius 2 is 2.17 bits per heavy atom. The van der Waals surface area contributed by atoms with Crippen LogP contribution in [0.3, 0.4) is 0 Å². The molecule has 1 unspecified atom stereocenters. The summed E-state index contributed by atoms with van der Waals surface area (Å²) in [6, 6.07) is 5.07. The fraction of sp³-hybridized carbons (Fsp3) is 0.571. The smallest absolute Gasteiger partial charge is 0.128 e. The molecule has 0 spiro atoms. The number of rotatable bonds is 8. The van der Waals surface area contributed by atoms with Gasteiger partial charge in [-0.2, -0.15) is 0 Å². The number of benzene rings is 1. The average molecular weight is 318 g/mol. The Morgan fingerprint density at radius 1 is 1.39 bits per heavy atom. The van der Waals surface area contributed by atoms with E-state index in [1.807, 2.05) is 13.0 Å². The van der Waals surface area contributed by atoms with E-state index in [1.54, 1.807) is 6.07 Å². The molecule has 0 aromatic heterocycles. The van der Waals surface area contributed by atoms with Crippen molar-refractivity contribution >= 4 is 15.9 Å². The maximum Gasteiger partial charge on any atom is 0.128 e. The van der Waals surface area contributed by atoms with Gasteiger partial charge in [0.15, 0.2) is 0 Å². The summed E-state index contributed by atoms with van der Waals surface area (Å²) in [5.74, 6) is -0.164. The van der Waals surface area contributed by atoms with E-state index in [-0.39, 0.29) is 11.9 Å². The van der Waals surface area contributed by atoms with E-state index in [9.17, 15) is 4.39 Å². The third-order valence-electron chi connectivity index (χ3n) is 2.73. The fourth-order valence-electron chi connectivity index (χ4n) is 1.81. The molecule has 1 rings (SSSR count). The number of ether oxygens (including phenoxy) is 1. The van der Waals surface area contributed by atoms with Crippen LogP contribution in [0.2, 0.25) is 0 Å². The molecule has 18 heavy (non-hydrogen) atoms. The second-order valence-corrected chi connectivity index (χ2v) is 5.07. The van der Waals surface area contributed by atoms with Gasteiger partial charge in [0, 0.05) is 29.3 Å². The molecule has 0 bridgehead atoms. The Labute approximate surface area is 117 Å². The fourth-order valence-corrected chi connectivity index (χ4v) is 2.19. The minimum atomic E-state index is -0.164. The summed E-state index contributed by atoms with van der Waals surface area (Å²) in [7, 11) is 0. The van der Waals surface area contributed by atoms with Crippen LogP contribution in [0.25, 0.3) is 0 Å². The third-order valence-corrected chi connectivity index (χ3v) is 3.22. The first-order valence-electron chi connectivity index (χ1n) is 6.45. The highest BCUT2D eigenvalue weighted by Crippen LogP contribution is 2.24. The van der Waals surface area contributed by atoms with Crippen molar-refractivity contribution in [1.29, 1.82) is 0 Å². The molecular weight excluding hydrogens is 297 g/mol. The summed E-state index contributed by atoms with van der Waals surface area (Å²) in [6.07, 6.45) is 1.81. The lowest BCUT2D eigenvalue weighted by atomic mass is 10.0. The molecule has 1 aromatic rings. The predicted molar refractivity (Wildman–Crippen MR) is 76.2 cm³/mol. The van der Waals surface area contributed by atoms with Crippen LogP contribution in [0.15, 0.2) is 22.7 Å². The van der Waals surface area contributed by atoms with Crippen molar-refractivity contribution in [2.45, 2.75) is 32.7 Å². The monoisotopic (exact) mass is 317 g/mol. The first-order valence-corrected chi connectivity index (χ1v) is 7.24. The van der Waals surface area contributed by atoms with Gasteiger partial charge in [0.2, 0.25) is 0 Å². The van der Waals surface area contributed by atoms with Gasteiger partial charge < -0.3 is 10.1 Å². The molecule has 0 saturated heterocycles. The third kappa shape index (κ3) is 5.04. The molecule has 0 aliphatic carbocycles. The van der Waals surface area contributed by atoms with Gasteiger partial charge in [0.25, 0.3) is 0 Å². The molecule has 2 nitrogen and oxygen atoms in total. The van der Waals surface area contributed by atoms with Crippen LogP contribution in [-0.4, -0.2) is 19.8 Å². The van der Waals surface area contributed by atoms with Gasteiger partial charge in [-0.05, 0) is 44.5 Å². The van der Waals surface area contributed by atoms with Crippen LogP contribution in [0.4, 0.5) is 4.39 Å². The zero-order chi connectivity index (χ0) is 13.4. The molecule has 0 amide bonds. The van der Waals surface area contributed by atoms with E-state index in [1.165, 1.54) is 6.07 Å². The minimum Gasteiger partial charge on any atom is -0.382 e. The quantitative estimate of drug-likeness (QED) is 0.730. The van der Waals surface area contributed by atoms with Crippen LogP contribution in [0.1, 0.15) is 38.3 Å². The number of hydrogen-bond acceptors (Lipinski definition) is 2. The largest absolute Gasteiger partial charge is 0.382 e. The first-order chi connectivity index (χ1) is 8.69. The molecule has 102 valence electrons. The van der Waals surface area contributed by atoms with Gasteiger partial charge in [-0.3, -0.25) is 0 Å². The van der Waals surface area contributed by atoms with Crippen LogP contribution in [-0.2, 0) is 4.74 Å². The van der Waals surface area contributed by atoms with E-state index in [4.69, 9.17) is 4.74 Å². The minimum absolute atomic E-state index is 0.00833. The van der Waals surface area contributed by atoms with Crippen LogP contribution in [0, 0.1) is 5.82 Å². The Balaban J connectivity index is 2.75. The maximum absolute atomic E-state index is 13.9. The lowest BCUT2D eigenvalue weighted by Crippen LogP contribution is -2.24. The van der Waals surface area contributed by atoms with Gasteiger partial charge in [0.1, 0.15) is 5.82 Å². The highest BCUT2D eigenvalue weighted by atomic mass is 79.9. The Bertz CT molecular complexity index is 360. The highest BCUT2D eigenvalue weighted by Gasteiger charge is 2.15. The maximum atomic E-state index is 13.9. The summed E-state index contributed by atoms with van der Waals surface area (Å²) >= 11 is 3.39. The van der Waals surface area contributed by atoms with Gasteiger partial charge in [-0.15, -0.1) is 0 Å². The van der Waals surface area contributed by atoms with Crippen LogP contribution in [0.5, 0.6) is 0 Å². The van der Waals surface area contributed by atoms with Crippen molar-refractivity contribution in [1.82, 2.24) is 5.32 Å². The van der Waals surface area contributed by atoms with Gasteiger partial charge in [0.05, 0.1) is 0 Å². The van der Waals surface area contributed by atoms with Crippen LogP contribution < -0.4 is 5.32 Å². The highest BCUT2D eigenvalue weighted by molar-refractivity contribution is 9.10. The molecule has 4 heteroatoms. The van der Waals surface area contributed by atoms with Crippen molar-refractivity contribution in [3.63, 3.8) is 0 Å².